The third-order valence-electron chi connectivity index (χ3n) is 8.20. The van der Waals surface area contributed by atoms with Crippen LogP contribution in [0.15, 0.2) is 0 Å². The van der Waals surface area contributed by atoms with Gasteiger partial charge in [-0.3, -0.25) is 0 Å². The van der Waals surface area contributed by atoms with Crippen LogP contribution in [0.2, 0.25) is 33.2 Å². The predicted octanol–water partition coefficient (Wildman–Crippen LogP) is 7.47. The van der Waals surface area contributed by atoms with Crippen molar-refractivity contribution in [3.05, 3.63) is 0 Å². The highest BCUT2D eigenvalue weighted by Crippen LogP contribution is 2.42. The molecule has 0 aromatic carbocycles. The van der Waals surface area contributed by atoms with Crippen LogP contribution in [-0.4, -0.2) is 41.6 Å². The summed E-state index contributed by atoms with van der Waals surface area (Å²) >= 11 is 0. The largest absolute Gasteiger partial charge is 0.345 e. The normalized spacial score (nSPS) is 14.7. The van der Waals surface area contributed by atoms with Gasteiger partial charge in [0.2, 0.25) is 0 Å². The summed E-state index contributed by atoms with van der Waals surface area (Å²) in [5.74, 6) is 23.4. The summed E-state index contributed by atoms with van der Waals surface area (Å²) in [6.07, 6.45) is 11.8. The maximum Gasteiger partial charge on any atom is 0.253 e. The quantitative estimate of drug-likeness (QED) is 0.232. The highest BCUT2D eigenvalue weighted by Gasteiger charge is 2.43. The first kappa shape index (κ1) is 35.7. The Morgan fingerprint density at radius 2 is 0.711 bits per heavy atom. The summed E-state index contributed by atoms with van der Waals surface area (Å²) in [6.45, 7) is 27.0. The minimum atomic E-state index is -2.02. The second-order valence-corrected chi connectivity index (χ2v) is 23.0. The molecule has 0 aliphatic heterocycles. The Balaban J connectivity index is 6.78. The highest BCUT2D eigenvalue weighted by atomic mass is 28.3. The Morgan fingerprint density at radius 1 is 0.474 bits per heavy atom. The van der Waals surface area contributed by atoms with Crippen LogP contribution in [0, 0.1) is 71.3 Å². The third-order valence-corrected chi connectivity index (χ3v) is 20.8. The average Bonchev–Trinajstić information content (AvgIpc) is 2.83. The van der Waals surface area contributed by atoms with Crippen molar-refractivity contribution in [2.45, 2.75) is 128 Å². The molecule has 0 N–H and O–H groups in total. The Labute approximate surface area is 238 Å². The minimum absolute atomic E-state index is 0.463. The molecule has 0 fully saturated rings. The fourth-order valence-corrected chi connectivity index (χ4v) is 16.5. The number of ether oxygens (including phenoxy) is 2. The van der Waals surface area contributed by atoms with Gasteiger partial charge in [-0.25, -0.2) is 0 Å². The van der Waals surface area contributed by atoms with E-state index in [2.05, 4.69) is 142 Å². The topological polar surface area (TPSA) is 18.5 Å². The maximum atomic E-state index is 5.89. The molecule has 0 aromatic heterocycles. The number of hydrogen-bond donors (Lipinski definition) is 0. The molecule has 206 valence electrons. The van der Waals surface area contributed by atoms with Crippen molar-refractivity contribution < 1.29 is 9.47 Å². The van der Waals surface area contributed by atoms with E-state index in [9.17, 15) is 0 Å². The summed E-state index contributed by atoms with van der Waals surface area (Å²) in [5.41, 5.74) is 7.32. The zero-order valence-electron chi connectivity index (χ0n) is 26.4. The van der Waals surface area contributed by atoms with Gasteiger partial charge < -0.3 is 9.47 Å². The van der Waals surface area contributed by atoms with E-state index in [0.29, 0.717) is 33.2 Å². The van der Waals surface area contributed by atoms with Gasteiger partial charge in [0.05, 0.1) is 0 Å². The SMILES string of the molecule is C#CC(C#CC#C[C@](C#C)(C#C[Si](C(C)C)(C(C)C)C(C)C)OC)(C#C[Si](C(C)C)(C(C)C)C(C)C)OC. The van der Waals surface area contributed by atoms with Crippen LogP contribution in [0.4, 0.5) is 0 Å². The molecule has 2 atom stereocenters. The zero-order valence-corrected chi connectivity index (χ0v) is 28.4. The third kappa shape index (κ3) is 7.64. The molecule has 0 aliphatic rings. The van der Waals surface area contributed by atoms with E-state index in [-0.39, 0.29) is 0 Å². The van der Waals surface area contributed by atoms with E-state index in [1.807, 2.05) is 0 Å². The summed E-state index contributed by atoms with van der Waals surface area (Å²) in [4.78, 5) is 0. The van der Waals surface area contributed by atoms with Crippen LogP contribution in [0.1, 0.15) is 83.1 Å². The van der Waals surface area contributed by atoms with Crippen molar-refractivity contribution in [1.29, 1.82) is 0 Å². The van der Waals surface area contributed by atoms with Gasteiger partial charge in [0.25, 0.3) is 11.2 Å². The van der Waals surface area contributed by atoms with Crippen molar-refractivity contribution in [2.75, 3.05) is 14.2 Å². The molecule has 0 amide bonds. The molecule has 1 unspecified atom stereocenters. The van der Waals surface area contributed by atoms with E-state index in [1.54, 1.807) is 0 Å². The van der Waals surface area contributed by atoms with Gasteiger partial charge in [-0.05, 0) is 80.6 Å². The van der Waals surface area contributed by atoms with Gasteiger partial charge in [-0.15, -0.1) is 23.9 Å². The molecule has 0 saturated heterocycles. The Morgan fingerprint density at radius 3 is 0.868 bits per heavy atom. The van der Waals surface area contributed by atoms with Crippen LogP contribution in [-0.2, 0) is 9.47 Å². The number of terminal acetylenes is 2. The minimum Gasteiger partial charge on any atom is -0.345 e. The van der Waals surface area contributed by atoms with Crippen LogP contribution in [0.3, 0.4) is 0 Å². The van der Waals surface area contributed by atoms with E-state index in [4.69, 9.17) is 22.3 Å². The number of hydrogen-bond acceptors (Lipinski definition) is 2. The van der Waals surface area contributed by atoms with E-state index >= 15 is 0 Å². The molecule has 38 heavy (non-hydrogen) atoms. The molecule has 0 radical (unpaired) electrons. The zero-order chi connectivity index (χ0) is 29.9. The van der Waals surface area contributed by atoms with Crippen molar-refractivity contribution in [3.63, 3.8) is 0 Å². The smallest absolute Gasteiger partial charge is 0.253 e. The van der Waals surface area contributed by atoms with Crippen LogP contribution in [0.25, 0.3) is 0 Å². The first-order valence-electron chi connectivity index (χ1n) is 13.7. The summed E-state index contributed by atoms with van der Waals surface area (Å²) in [7, 11) is -0.978. The van der Waals surface area contributed by atoms with Gasteiger partial charge in [-0.1, -0.05) is 83.1 Å². The molecule has 0 heterocycles. The molecule has 4 heteroatoms. The summed E-state index contributed by atoms with van der Waals surface area (Å²) in [5, 5.41) is 0. The standard InChI is InChI=1S/C34H50O2Si2/c1-17-33(35-15,23-25-37(27(3)4,28(5)6)29(7)8)21-19-20-22-34(18-2,36-16)24-26-38(30(9)10,31(11)12)32(13)14/h1-2,27-32H,3-16H3/t33-,34?/m1/s1. The van der Waals surface area contributed by atoms with Crippen molar-refractivity contribution in [2.24, 2.45) is 0 Å². The van der Waals surface area contributed by atoms with Crippen molar-refractivity contribution in [1.82, 2.24) is 0 Å². The van der Waals surface area contributed by atoms with E-state index in [0.717, 1.165) is 0 Å². The highest BCUT2D eigenvalue weighted by molar-refractivity contribution is 6.91. The molecule has 0 rings (SSSR count). The molecular weight excluding hydrogens is 497 g/mol. The second-order valence-electron chi connectivity index (χ2n) is 11.9. The summed E-state index contributed by atoms with van der Waals surface area (Å²) < 4.78 is 11.3. The van der Waals surface area contributed by atoms with E-state index < -0.39 is 27.3 Å². The van der Waals surface area contributed by atoms with Gasteiger partial charge >= 0.3 is 0 Å². The Kier molecular flexibility index (Phi) is 13.9. The van der Waals surface area contributed by atoms with Crippen LogP contribution in [0.5, 0.6) is 0 Å². The summed E-state index contributed by atoms with van der Waals surface area (Å²) in [6, 6.07) is 0. The fourth-order valence-electron chi connectivity index (χ4n) is 6.03. The van der Waals surface area contributed by atoms with Crippen LogP contribution < -0.4 is 0 Å². The number of methoxy groups -OCH3 is 2. The van der Waals surface area contributed by atoms with E-state index in [1.165, 1.54) is 14.2 Å². The lowest BCUT2D eigenvalue weighted by Crippen LogP contribution is -2.44. The molecule has 0 bridgehead atoms. The molecule has 2 nitrogen and oxygen atoms in total. The Hall–Kier alpha value is -2.29. The van der Waals surface area contributed by atoms with Gasteiger partial charge in [0, 0.05) is 14.2 Å². The lowest BCUT2D eigenvalue weighted by molar-refractivity contribution is 0.138. The molecule has 0 aromatic rings. The van der Waals surface area contributed by atoms with Gasteiger partial charge in [0.1, 0.15) is 16.1 Å². The lowest BCUT2D eigenvalue weighted by atomic mass is 10.1. The first-order valence-corrected chi connectivity index (χ1v) is 18.2. The van der Waals surface area contributed by atoms with Gasteiger partial charge in [-0.2, -0.15) is 0 Å². The second kappa shape index (κ2) is 14.8. The first-order chi connectivity index (χ1) is 17.5. The Bertz CT molecular complexity index is 995. The lowest BCUT2D eigenvalue weighted by Gasteiger charge is -2.38. The van der Waals surface area contributed by atoms with Crippen molar-refractivity contribution >= 4 is 16.1 Å². The van der Waals surface area contributed by atoms with Crippen molar-refractivity contribution in [3.8, 4) is 71.3 Å². The molecule has 0 spiro atoms. The monoisotopic (exact) mass is 546 g/mol. The van der Waals surface area contributed by atoms with Gasteiger partial charge in [0.15, 0.2) is 0 Å². The average molecular weight is 547 g/mol. The molecule has 0 saturated carbocycles. The molecule has 0 aliphatic carbocycles. The molecular formula is C34H50O2Si2. The maximum absolute atomic E-state index is 5.89. The number of rotatable bonds is 8. The van der Waals surface area contributed by atoms with Crippen LogP contribution >= 0.6 is 0 Å². The predicted molar refractivity (Wildman–Crippen MR) is 170 cm³/mol. The fraction of sp³-hybridized carbons (Fsp3) is 0.647.